The van der Waals surface area contributed by atoms with Gasteiger partial charge in [0.05, 0.1) is 6.61 Å². The van der Waals surface area contributed by atoms with Gasteiger partial charge < -0.3 is 25.6 Å². The van der Waals surface area contributed by atoms with Gasteiger partial charge in [-0.15, -0.1) is 0 Å². The second-order valence-electron chi connectivity index (χ2n) is 6.16. The first-order valence-corrected chi connectivity index (χ1v) is 6.76. The molecule has 20 heavy (non-hydrogen) atoms. The number of nitrogens with two attached hydrogens (primary N) is 1. The molecule has 0 aromatic carbocycles. The van der Waals surface area contributed by atoms with Crippen molar-refractivity contribution in [1.82, 2.24) is 5.32 Å². The molecule has 7 heteroatoms. The first-order chi connectivity index (χ1) is 9.19. The lowest BCUT2D eigenvalue weighted by Crippen LogP contribution is -2.47. The van der Waals surface area contributed by atoms with E-state index < -0.39 is 23.9 Å². The lowest BCUT2D eigenvalue weighted by molar-refractivity contribution is 0.0271. The fraction of sp³-hybridized carbons (Fsp3) is 0.846. The fourth-order valence-corrected chi connectivity index (χ4v) is 2.22. The Morgan fingerprint density at radius 3 is 2.45 bits per heavy atom. The normalized spacial score (nSPS) is 23.4. The van der Waals surface area contributed by atoms with Gasteiger partial charge in [0, 0.05) is 6.04 Å². The molecule has 0 radical (unpaired) electrons. The van der Waals surface area contributed by atoms with E-state index in [1.165, 1.54) is 0 Å². The monoisotopic (exact) mass is 288 g/mol. The Bertz CT molecular complexity index is 347. The number of ether oxygens (including phenoxy) is 2. The summed E-state index contributed by atoms with van der Waals surface area (Å²) in [6, 6.07) is 0.0720. The van der Waals surface area contributed by atoms with Gasteiger partial charge in [0.25, 0.3) is 0 Å². The highest BCUT2D eigenvalue weighted by Gasteiger charge is 2.33. The molecule has 4 N–H and O–H groups in total. The number of aliphatic hydroxyl groups excluding tert-OH is 1. The van der Waals surface area contributed by atoms with E-state index in [-0.39, 0.29) is 12.6 Å². The fourth-order valence-electron chi connectivity index (χ4n) is 2.22. The van der Waals surface area contributed by atoms with E-state index in [0.29, 0.717) is 12.3 Å². The lowest BCUT2D eigenvalue weighted by atomic mass is 9.77. The SMILES string of the molecule is CC(C)(C)OC(=O)NC1CC(C[C@H](CO)OC(N)=O)C1. The predicted octanol–water partition coefficient (Wildman–Crippen LogP) is 1.14. The highest BCUT2D eigenvalue weighted by Crippen LogP contribution is 2.32. The van der Waals surface area contributed by atoms with E-state index in [1.54, 1.807) is 0 Å². The number of rotatable bonds is 5. The largest absolute Gasteiger partial charge is 0.444 e. The summed E-state index contributed by atoms with van der Waals surface area (Å²) >= 11 is 0. The molecule has 0 spiro atoms. The zero-order valence-corrected chi connectivity index (χ0v) is 12.2. The molecule has 0 aromatic rings. The van der Waals surface area contributed by atoms with Crippen LogP contribution in [0.2, 0.25) is 0 Å². The molecule has 1 atom stereocenters. The lowest BCUT2D eigenvalue weighted by Gasteiger charge is -2.37. The zero-order chi connectivity index (χ0) is 15.3. The molecule has 1 saturated carbocycles. The van der Waals surface area contributed by atoms with Crippen molar-refractivity contribution >= 4 is 12.2 Å². The van der Waals surface area contributed by atoms with Crippen molar-refractivity contribution in [3.8, 4) is 0 Å². The summed E-state index contributed by atoms with van der Waals surface area (Å²) in [6.45, 7) is 5.18. The van der Waals surface area contributed by atoms with Gasteiger partial charge >= 0.3 is 12.2 Å². The Balaban J connectivity index is 2.22. The summed E-state index contributed by atoms with van der Waals surface area (Å²) in [5.74, 6) is 0.298. The van der Waals surface area contributed by atoms with E-state index in [1.807, 2.05) is 20.8 Å². The third kappa shape index (κ3) is 6.10. The minimum atomic E-state index is -0.883. The van der Waals surface area contributed by atoms with Crippen LogP contribution in [-0.4, -0.2) is 41.6 Å². The number of alkyl carbamates (subject to hydrolysis) is 1. The van der Waals surface area contributed by atoms with Gasteiger partial charge in [0.1, 0.15) is 11.7 Å². The van der Waals surface area contributed by atoms with Crippen LogP contribution in [0.5, 0.6) is 0 Å². The average molecular weight is 288 g/mol. The van der Waals surface area contributed by atoms with E-state index in [0.717, 1.165) is 12.8 Å². The molecule has 0 aliphatic heterocycles. The smallest absolute Gasteiger partial charge is 0.407 e. The topological polar surface area (TPSA) is 111 Å². The molecule has 116 valence electrons. The second kappa shape index (κ2) is 6.78. The summed E-state index contributed by atoms with van der Waals surface area (Å²) < 4.78 is 9.92. The van der Waals surface area contributed by atoms with Gasteiger partial charge in [-0.05, 0) is 46.0 Å². The molecule has 0 saturated heterocycles. The average Bonchev–Trinajstić information content (AvgIpc) is 2.21. The molecule has 1 aliphatic carbocycles. The number of hydrogen-bond donors (Lipinski definition) is 3. The van der Waals surface area contributed by atoms with Crippen molar-refractivity contribution < 1.29 is 24.2 Å². The van der Waals surface area contributed by atoms with Crippen molar-refractivity contribution in [2.75, 3.05) is 6.61 Å². The quantitative estimate of drug-likeness (QED) is 0.702. The molecule has 1 aliphatic rings. The first kappa shape index (κ1) is 16.6. The van der Waals surface area contributed by atoms with Crippen molar-refractivity contribution in [2.45, 2.75) is 57.8 Å². The van der Waals surface area contributed by atoms with Gasteiger partial charge in [-0.1, -0.05) is 0 Å². The van der Waals surface area contributed by atoms with Crippen LogP contribution in [0.4, 0.5) is 9.59 Å². The number of aliphatic hydroxyl groups is 1. The van der Waals surface area contributed by atoms with Gasteiger partial charge in [0.15, 0.2) is 0 Å². The van der Waals surface area contributed by atoms with E-state index >= 15 is 0 Å². The number of carbonyl (C=O) groups is 2. The third-order valence-electron chi connectivity index (χ3n) is 3.04. The van der Waals surface area contributed by atoms with E-state index in [4.69, 9.17) is 20.3 Å². The van der Waals surface area contributed by atoms with Crippen LogP contribution in [-0.2, 0) is 9.47 Å². The van der Waals surface area contributed by atoms with Crippen molar-refractivity contribution in [3.05, 3.63) is 0 Å². The first-order valence-electron chi connectivity index (χ1n) is 6.76. The summed E-state index contributed by atoms with van der Waals surface area (Å²) in [5, 5.41) is 11.8. The highest BCUT2D eigenvalue weighted by atomic mass is 16.6. The summed E-state index contributed by atoms with van der Waals surface area (Å²) in [6.07, 6.45) is 0.224. The zero-order valence-electron chi connectivity index (χ0n) is 12.2. The van der Waals surface area contributed by atoms with Gasteiger partial charge in [-0.2, -0.15) is 0 Å². The van der Waals surface area contributed by atoms with Crippen LogP contribution in [0.25, 0.3) is 0 Å². The number of nitrogens with one attached hydrogen (secondary N) is 1. The summed E-state index contributed by atoms with van der Waals surface area (Å²) in [5.41, 5.74) is 4.40. The van der Waals surface area contributed by atoms with Gasteiger partial charge in [-0.3, -0.25) is 0 Å². The second-order valence-corrected chi connectivity index (χ2v) is 6.16. The van der Waals surface area contributed by atoms with Crippen LogP contribution in [0, 0.1) is 5.92 Å². The molecule has 1 rings (SSSR count). The Morgan fingerprint density at radius 1 is 1.40 bits per heavy atom. The Labute approximate surface area is 118 Å². The molecular formula is C13H24N2O5. The molecule has 0 aromatic heterocycles. The minimum absolute atomic E-state index is 0.0720. The van der Waals surface area contributed by atoms with Gasteiger partial charge in [0.2, 0.25) is 0 Å². The molecule has 0 unspecified atom stereocenters. The van der Waals surface area contributed by atoms with Crippen molar-refractivity contribution in [2.24, 2.45) is 11.7 Å². The van der Waals surface area contributed by atoms with Crippen molar-refractivity contribution in [1.29, 1.82) is 0 Å². The summed E-state index contributed by atoms with van der Waals surface area (Å²) in [4.78, 5) is 22.1. The standard InChI is InChI=1S/C13H24N2O5/c1-13(2,3)20-12(18)15-9-4-8(5-9)6-10(7-16)19-11(14)17/h8-10,16H,4-7H2,1-3H3,(H2,14,17)(H,15,18)/t8?,9?,10-/m1/s1. The molecular weight excluding hydrogens is 264 g/mol. The number of carbonyl (C=O) groups excluding carboxylic acids is 2. The maximum atomic E-state index is 11.5. The molecule has 0 bridgehead atoms. The highest BCUT2D eigenvalue weighted by molar-refractivity contribution is 5.68. The molecule has 1 fully saturated rings. The molecule has 0 heterocycles. The third-order valence-corrected chi connectivity index (χ3v) is 3.04. The molecule has 2 amide bonds. The van der Waals surface area contributed by atoms with Gasteiger partial charge in [-0.25, -0.2) is 9.59 Å². The van der Waals surface area contributed by atoms with E-state index in [2.05, 4.69) is 5.32 Å². The van der Waals surface area contributed by atoms with Crippen LogP contribution in [0.3, 0.4) is 0 Å². The van der Waals surface area contributed by atoms with Crippen LogP contribution in [0.15, 0.2) is 0 Å². The Hall–Kier alpha value is -1.50. The van der Waals surface area contributed by atoms with Crippen LogP contribution < -0.4 is 11.1 Å². The van der Waals surface area contributed by atoms with Crippen LogP contribution >= 0.6 is 0 Å². The minimum Gasteiger partial charge on any atom is -0.444 e. The van der Waals surface area contributed by atoms with E-state index in [9.17, 15) is 9.59 Å². The van der Waals surface area contributed by atoms with Crippen molar-refractivity contribution in [3.63, 3.8) is 0 Å². The Morgan fingerprint density at radius 2 is 2.00 bits per heavy atom. The summed E-state index contributed by atoms with van der Waals surface area (Å²) in [7, 11) is 0. The maximum absolute atomic E-state index is 11.5. The number of amides is 2. The maximum Gasteiger partial charge on any atom is 0.407 e. The number of primary amides is 1. The molecule has 7 nitrogen and oxygen atoms in total. The van der Waals surface area contributed by atoms with Crippen LogP contribution in [0.1, 0.15) is 40.0 Å². The predicted molar refractivity (Wildman–Crippen MR) is 72.0 cm³/mol. The number of hydrogen-bond acceptors (Lipinski definition) is 5. The Kier molecular flexibility index (Phi) is 5.62.